The predicted molar refractivity (Wildman–Crippen MR) is 74.4 cm³/mol. The van der Waals surface area contributed by atoms with Crippen molar-refractivity contribution in [3.63, 3.8) is 0 Å². The van der Waals surface area contributed by atoms with Crippen molar-refractivity contribution in [1.82, 2.24) is 5.32 Å². The molecule has 3 N–H and O–H groups in total. The van der Waals surface area contributed by atoms with Crippen LogP contribution >= 0.6 is 43.2 Å². The van der Waals surface area contributed by atoms with Gasteiger partial charge >= 0.3 is 0 Å². The molecule has 0 radical (unpaired) electrons. The Bertz CT molecular complexity index is 295. The van der Waals surface area contributed by atoms with Crippen LogP contribution in [0.25, 0.3) is 0 Å². The van der Waals surface area contributed by atoms with Crippen LogP contribution in [0.4, 0.5) is 0 Å². The average Bonchev–Trinajstić information content (AvgIpc) is 2.55. The summed E-state index contributed by atoms with van der Waals surface area (Å²) in [4.78, 5) is 1.27. The van der Waals surface area contributed by atoms with Gasteiger partial charge in [-0.15, -0.1) is 11.3 Å². The third-order valence-corrected chi connectivity index (χ3v) is 5.71. The molecule has 0 aliphatic rings. The fourth-order valence-corrected chi connectivity index (χ4v) is 3.43. The third-order valence-electron chi connectivity index (χ3n) is 2.34. The van der Waals surface area contributed by atoms with Crippen molar-refractivity contribution in [3.8, 4) is 0 Å². The van der Waals surface area contributed by atoms with Crippen molar-refractivity contribution >= 4 is 43.2 Å². The average molecular weight is 356 g/mol. The van der Waals surface area contributed by atoms with Crippen LogP contribution < -0.4 is 11.1 Å². The number of halogens is 2. The summed E-state index contributed by atoms with van der Waals surface area (Å²) in [5.41, 5.74) is 5.78. The van der Waals surface area contributed by atoms with Gasteiger partial charge in [-0.25, -0.2) is 0 Å². The van der Waals surface area contributed by atoms with Gasteiger partial charge in [-0.2, -0.15) is 0 Å². The normalized spacial score (nSPS) is 15.3. The largest absolute Gasteiger partial charge is 0.329 e. The SMILES string of the molecule is CCC(C)NC(CN)c1cc(Br)c(Br)s1. The van der Waals surface area contributed by atoms with Gasteiger partial charge in [-0.3, -0.25) is 0 Å². The lowest BCUT2D eigenvalue weighted by molar-refractivity contribution is 0.456. The molecule has 0 saturated heterocycles. The van der Waals surface area contributed by atoms with E-state index < -0.39 is 0 Å². The minimum Gasteiger partial charge on any atom is -0.329 e. The summed E-state index contributed by atoms with van der Waals surface area (Å²) < 4.78 is 2.23. The van der Waals surface area contributed by atoms with E-state index >= 15 is 0 Å². The fourth-order valence-electron chi connectivity index (χ4n) is 1.26. The first kappa shape index (κ1) is 13.6. The van der Waals surface area contributed by atoms with Crippen LogP contribution in [0.2, 0.25) is 0 Å². The first-order chi connectivity index (χ1) is 7.08. The maximum absolute atomic E-state index is 5.78. The third kappa shape index (κ3) is 3.82. The van der Waals surface area contributed by atoms with Gasteiger partial charge in [0, 0.05) is 21.9 Å². The quantitative estimate of drug-likeness (QED) is 0.845. The van der Waals surface area contributed by atoms with Crippen molar-refractivity contribution in [2.75, 3.05) is 6.54 Å². The van der Waals surface area contributed by atoms with E-state index in [0.717, 1.165) is 14.7 Å². The smallest absolute Gasteiger partial charge is 0.0843 e. The summed E-state index contributed by atoms with van der Waals surface area (Å²) in [7, 11) is 0. The first-order valence-electron chi connectivity index (χ1n) is 4.99. The molecular formula is C10H16Br2N2S. The number of hydrogen-bond donors (Lipinski definition) is 2. The van der Waals surface area contributed by atoms with E-state index in [1.807, 2.05) is 0 Å². The van der Waals surface area contributed by atoms with E-state index in [9.17, 15) is 0 Å². The lowest BCUT2D eigenvalue weighted by Gasteiger charge is -2.19. The molecule has 0 spiro atoms. The Hall–Kier alpha value is 0.580. The van der Waals surface area contributed by atoms with Gasteiger partial charge in [-0.05, 0) is 51.3 Å². The zero-order chi connectivity index (χ0) is 11.4. The Balaban J connectivity index is 2.74. The van der Waals surface area contributed by atoms with Gasteiger partial charge < -0.3 is 11.1 Å². The molecule has 0 aliphatic carbocycles. The van der Waals surface area contributed by atoms with Crippen molar-refractivity contribution in [3.05, 3.63) is 19.2 Å². The topological polar surface area (TPSA) is 38.0 Å². The van der Waals surface area contributed by atoms with Crippen molar-refractivity contribution in [1.29, 1.82) is 0 Å². The van der Waals surface area contributed by atoms with Gasteiger partial charge in [0.25, 0.3) is 0 Å². The van der Waals surface area contributed by atoms with E-state index in [-0.39, 0.29) is 6.04 Å². The molecular weight excluding hydrogens is 340 g/mol. The van der Waals surface area contributed by atoms with Crippen LogP contribution in [-0.4, -0.2) is 12.6 Å². The van der Waals surface area contributed by atoms with Crippen molar-refractivity contribution < 1.29 is 0 Å². The van der Waals surface area contributed by atoms with Crippen LogP contribution in [0.1, 0.15) is 31.2 Å². The molecule has 0 bridgehead atoms. The van der Waals surface area contributed by atoms with Gasteiger partial charge in [-0.1, -0.05) is 6.92 Å². The molecule has 1 rings (SSSR count). The molecule has 2 unspecified atom stereocenters. The summed E-state index contributed by atoms with van der Waals surface area (Å²) in [6.45, 7) is 4.98. The van der Waals surface area contributed by atoms with Gasteiger partial charge in [0.2, 0.25) is 0 Å². The van der Waals surface area contributed by atoms with Gasteiger partial charge in [0.05, 0.1) is 9.83 Å². The Morgan fingerprint density at radius 1 is 1.53 bits per heavy atom. The van der Waals surface area contributed by atoms with E-state index in [4.69, 9.17) is 5.73 Å². The second-order valence-corrected chi connectivity index (χ2v) is 6.79. The highest BCUT2D eigenvalue weighted by atomic mass is 79.9. The number of rotatable bonds is 5. The fraction of sp³-hybridized carbons (Fsp3) is 0.600. The molecule has 15 heavy (non-hydrogen) atoms. The zero-order valence-electron chi connectivity index (χ0n) is 8.89. The van der Waals surface area contributed by atoms with E-state index in [1.165, 1.54) is 4.88 Å². The Labute approximate surface area is 112 Å². The van der Waals surface area contributed by atoms with Crippen LogP contribution in [0.3, 0.4) is 0 Å². The van der Waals surface area contributed by atoms with E-state index in [1.54, 1.807) is 11.3 Å². The zero-order valence-corrected chi connectivity index (χ0v) is 12.9. The van der Waals surface area contributed by atoms with E-state index in [2.05, 4.69) is 57.1 Å². The number of nitrogens with two attached hydrogens (primary N) is 1. The van der Waals surface area contributed by atoms with Gasteiger partial charge in [0.1, 0.15) is 0 Å². The second kappa shape index (κ2) is 6.35. The maximum atomic E-state index is 5.78. The Kier molecular flexibility index (Phi) is 5.77. The Morgan fingerprint density at radius 3 is 2.60 bits per heavy atom. The molecule has 1 heterocycles. The number of nitrogens with one attached hydrogen (secondary N) is 1. The monoisotopic (exact) mass is 354 g/mol. The van der Waals surface area contributed by atoms with Crippen LogP contribution in [0.5, 0.6) is 0 Å². The standard InChI is InChI=1S/C10H16Br2N2S/c1-3-6(2)14-8(5-13)9-4-7(11)10(12)15-9/h4,6,8,14H,3,5,13H2,1-2H3. The Morgan fingerprint density at radius 2 is 2.20 bits per heavy atom. The molecule has 5 heteroatoms. The molecule has 0 fully saturated rings. The minimum atomic E-state index is 0.257. The van der Waals surface area contributed by atoms with Crippen molar-refractivity contribution in [2.45, 2.75) is 32.4 Å². The highest BCUT2D eigenvalue weighted by molar-refractivity contribution is 9.13. The summed E-state index contributed by atoms with van der Waals surface area (Å²) in [5, 5.41) is 3.52. The summed E-state index contributed by atoms with van der Waals surface area (Å²) in [6.07, 6.45) is 1.12. The molecule has 0 amide bonds. The molecule has 1 aromatic heterocycles. The van der Waals surface area contributed by atoms with E-state index in [0.29, 0.717) is 12.6 Å². The molecule has 0 aliphatic heterocycles. The number of hydrogen-bond acceptors (Lipinski definition) is 3. The second-order valence-electron chi connectivity index (χ2n) is 3.53. The van der Waals surface area contributed by atoms with Crippen LogP contribution in [-0.2, 0) is 0 Å². The summed E-state index contributed by atoms with van der Waals surface area (Å²) >= 11 is 8.72. The summed E-state index contributed by atoms with van der Waals surface area (Å²) in [6, 6.07) is 2.88. The van der Waals surface area contributed by atoms with Gasteiger partial charge in [0.15, 0.2) is 0 Å². The molecule has 0 saturated carbocycles. The first-order valence-corrected chi connectivity index (χ1v) is 7.39. The predicted octanol–water partition coefficient (Wildman–Crippen LogP) is 3.66. The molecule has 2 nitrogen and oxygen atoms in total. The molecule has 0 aromatic carbocycles. The van der Waals surface area contributed by atoms with Crippen LogP contribution in [0.15, 0.2) is 14.3 Å². The highest BCUT2D eigenvalue weighted by Crippen LogP contribution is 2.35. The lowest BCUT2D eigenvalue weighted by Crippen LogP contribution is -2.34. The van der Waals surface area contributed by atoms with Crippen molar-refractivity contribution in [2.24, 2.45) is 5.73 Å². The highest BCUT2D eigenvalue weighted by Gasteiger charge is 2.15. The summed E-state index contributed by atoms with van der Waals surface area (Å²) in [5.74, 6) is 0. The maximum Gasteiger partial charge on any atom is 0.0843 e. The molecule has 1 aromatic rings. The van der Waals surface area contributed by atoms with Crippen LogP contribution in [0, 0.1) is 0 Å². The molecule has 86 valence electrons. The minimum absolute atomic E-state index is 0.257. The molecule has 2 atom stereocenters. The number of thiophene rings is 1. The lowest BCUT2D eigenvalue weighted by atomic mass is 10.2.